The lowest BCUT2D eigenvalue weighted by molar-refractivity contribution is -0.135. The van der Waals surface area contributed by atoms with Crippen LogP contribution in [0.25, 0.3) is 0 Å². The molecule has 1 aromatic rings. The maximum Gasteiger partial charge on any atom is 0.411 e. The van der Waals surface area contributed by atoms with Crippen molar-refractivity contribution >= 4 is 12.0 Å². The van der Waals surface area contributed by atoms with Crippen molar-refractivity contribution < 1.29 is 14.3 Å². The van der Waals surface area contributed by atoms with Gasteiger partial charge in [0.05, 0.1) is 12.2 Å². The zero-order chi connectivity index (χ0) is 17.5. The molecule has 3 rings (SSSR count). The summed E-state index contributed by atoms with van der Waals surface area (Å²) in [5.74, 6) is 0.566. The summed E-state index contributed by atoms with van der Waals surface area (Å²) in [4.78, 5) is 37.5. The second-order valence-electron chi connectivity index (χ2n) is 7.36. The standard InChI is InChI=1S/C17H24N4O3/c1-11-18-9-12-13(19-11)10-21(16(23)24-17(2,3)4)14(12)15(22)20-7-5-6-8-20/h9,14H,5-8,10H2,1-4H3/t14-/m0/s1. The Morgan fingerprint density at radius 1 is 1.25 bits per heavy atom. The molecule has 0 saturated carbocycles. The number of aromatic nitrogens is 2. The van der Waals surface area contributed by atoms with Crippen molar-refractivity contribution in [3.05, 3.63) is 23.3 Å². The molecule has 0 aliphatic carbocycles. The highest BCUT2D eigenvalue weighted by Gasteiger charge is 2.43. The topological polar surface area (TPSA) is 75.6 Å². The zero-order valence-corrected chi connectivity index (χ0v) is 14.7. The van der Waals surface area contributed by atoms with Crippen LogP contribution in [0.1, 0.15) is 56.7 Å². The van der Waals surface area contributed by atoms with Gasteiger partial charge in [0.15, 0.2) is 0 Å². The van der Waals surface area contributed by atoms with Crippen molar-refractivity contribution in [3.63, 3.8) is 0 Å². The van der Waals surface area contributed by atoms with Gasteiger partial charge in [0, 0.05) is 24.8 Å². The Labute approximate surface area is 142 Å². The van der Waals surface area contributed by atoms with E-state index in [1.807, 2.05) is 25.7 Å². The minimum atomic E-state index is -0.687. The Kier molecular flexibility index (Phi) is 4.19. The van der Waals surface area contributed by atoms with Gasteiger partial charge in [-0.3, -0.25) is 9.69 Å². The molecule has 7 nitrogen and oxygen atoms in total. The first kappa shape index (κ1) is 16.7. The van der Waals surface area contributed by atoms with Crippen LogP contribution in [0.2, 0.25) is 0 Å². The Bertz CT molecular complexity index is 662. The summed E-state index contributed by atoms with van der Waals surface area (Å²) in [6, 6.07) is -0.687. The first-order chi connectivity index (χ1) is 11.3. The van der Waals surface area contributed by atoms with Crippen LogP contribution >= 0.6 is 0 Å². The Hall–Kier alpha value is -2.18. The number of carbonyl (C=O) groups excluding carboxylic acids is 2. The average molecular weight is 332 g/mol. The van der Waals surface area contributed by atoms with Crippen LogP contribution in [0.15, 0.2) is 6.20 Å². The summed E-state index contributed by atoms with van der Waals surface area (Å²) in [6.45, 7) is 8.99. The Morgan fingerprint density at radius 2 is 1.92 bits per heavy atom. The molecule has 0 bridgehead atoms. The third kappa shape index (κ3) is 3.20. The van der Waals surface area contributed by atoms with E-state index in [2.05, 4.69) is 9.97 Å². The summed E-state index contributed by atoms with van der Waals surface area (Å²) in [5.41, 5.74) is 0.823. The number of rotatable bonds is 1. The highest BCUT2D eigenvalue weighted by atomic mass is 16.6. The average Bonchev–Trinajstić information content (AvgIpc) is 3.11. The van der Waals surface area contributed by atoms with Gasteiger partial charge in [-0.25, -0.2) is 14.8 Å². The molecular formula is C17H24N4O3. The SMILES string of the molecule is Cc1ncc2c(n1)CN(C(=O)OC(C)(C)C)[C@@H]2C(=O)N1CCCC1. The predicted molar refractivity (Wildman–Crippen MR) is 87.1 cm³/mol. The number of ether oxygens (including phenoxy) is 1. The maximum atomic E-state index is 13.0. The fourth-order valence-corrected chi connectivity index (χ4v) is 3.17. The van der Waals surface area contributed by atoms with Crippen molar-refractivity contribution in [1.29, 1.82) is 0 Å². The minimum Gasteiger partial charge on any atom is -0.444 e. The largest absolute Gasteiger partial charge is 0.444 e. The van der Waals surface area contributed by atoms with Crippen molar-refractivity contribution in [3.8, 4) is 0 Å². The molecule has 2 aliphatic heterocycles. The number of fused-ring (bicyclic) bond motifs is 1. The van der Waals surface area contributed by atoms with Crippen LogP contribution < -0.4 is 0 Å². The van der Waals surface area contributed by atoms with Gasteiger partial charge in [-0.15, -0.1) is 0 Å². The van der Waals surface area contributed by atoms with Gasteiger partial charge in [-0.1, -0.05) is 0 Å². The van der Waals surface area contributed by atoms with E-state index < -0.39 is 17.7 Å². The third-order valence-corrected chi connectivity index (χ3v) is 4.23. The number of carbonyl (C=O) groups is 2. The van der Waals surface area contributed by atoms with Gasteiger partial charge in [-0.05, 0) is 40.5 Å². The summed E-state index contributed by atoms with van der Waals surface area (Å²) < 4.78 is 5.49. The molecule has 0 radical (unpaired) electrons. The van der Waals surface area contributed by atoms with Crippen LogP contribution in [-0.4, -0.2) is 50.5 Å². The highest BCUT2D eigenvalue weighted by molar-refractivity contribution is 5.88. The molecule has 24 heavy (non-hydrogen) atoms. The number of hydrogen-bond acceptors (Lipinski definition) is 5. The first-order valence-electron chi connectivity index (χ1n) is 8.37. The summed E-state index contributed by atoms with van der Waals surface area (Å²) in [7, 11) is 0. The van der Waals surface area contributed by atoms with Crippen LogP contribution in [0.4, 0.5) is 4.79 Å². The van der Waals surface area contributed by atoms with Crippen LogP contribution in [0.3, 0.4) is 0 Å². The molecular weight excluding hydrogens is 308 g/mol. The molecule has 1 saturated heterocycles. The molecule has 130 valence electrons. The lowest BCUT2D eigenvalue weighted by Gasteiger charge is -2.30. The Balaban J connectivity index is 1.92. The zero-order valence-electron chi connectivity index (χ0n) is 14.7. The molecule has 3 heterocycles. The molecule has 0 spiro atoms. The summed E-state index contributed by atoms with van der Waals surface area (Å²) in [6.07, 6.45) is 3.18. The van der Waals surface area contributed by atoms with Gasteiger partial charge in [-0.2, -0.15) is 0 Å². The van der Waals surface area contributed by atoms with E-state index in [4.69, 9.17) is 4.74 Å². The normalized spacial score (nSPS) is 20.2. The molecule has 0 unspecified atom stereocenters. The van der Waals surface area contributed by atoms with Crippen LogP contribution in [0, 0.1) is 6.92 Å². The van der Waals surface area contributed by atoms with Crippen molar-refractivity contribution in [1.82, 2.24) is 19.8 Å². The molecule has 1 atom stereocenters. The van der Waals surface area contributed by atoms with E-state index in [9.17, 15) is 9.59 Å². The van der Waals surface area contributed by atoms with Gasteiger partial charge in [0.2, 0.25) is 5.91 Å². The molecule has 7 heteroatoms. The molecule has 2 amide bonds. The highest BCUT2D eigenvalue weighted by Crippen LogP contribution is 2.35. The molecule has 0 aromatic carbocycles. The number of amides is 2. The van der Waals surface area contributed by atoms with Gasteiger partial charge < -0.3 is 9.64 Å². The van der Waals surface area contributed by atoms with Gasteiger partial charge in [0.25, 0.3) is 0 Å². The smallest absolute Gasteiger partial charge is 0.411 e. The lowest BCUT2D eigenvalue weighted by Crippen LogP contribution is -2.43. The fraction of sp³-hybridized carbons (Fsp3) is 0.647. The van der Waals surface area contributed by atoms with Gasteiger partial charge >= 0.3 is 6.09 Å². The van der Waals surface area contributed by atoms with Crippen LogP contribution in [-0.2, 0) is 16.1 Å². The minimum absolute atomic E-state index is 0.0652. The van der Waals surface area contributed by atoms with Gasteiger partial charge in [0.1, 0.15) is 17.5 Å². The van der Waals surface area contributed by atoms with E-state index in [1.54, 1.807) is 13.1 Å². The monoisotopic (exact) mass is 332 g/mol. The molecule has 0 N–H and O–H groups in total. The van der Waals surface area contributed by atoms with E-state index in [1.165, 1.54) is 4.90 Å². The predicted octanol–water partition coefficient (Wildman–Crippen LogP) is 2.20. The lowest BCUT2D eigenvalue weighted by atomic mass is 10.1. The fourth-order valence-electron chi connectivity index (χ4n) is 3.17. The number of nitrogens with zero attached hydrogens (tertiary/aromatic N) is 4. The first-order valence-corrected chi connectivity index (χ1v) is 8.37. The quantitative estimate of drug-likeness (QED) is 0.788. The van der Waals surface area contributed by atoms with Crippen LogP contribution in [0.5, 0.6) is 0 Å². The maximum absolute atomic E-state index is 13.0. The number of hydrogen-bond donors (Lipinski definition) is 0. The third-order valence-electron chi connectivity index (χ3n) is 4.23. The van der Waals surface area contributed by atoms with E-state index in [-0.39, 0.29) is 12.5 Å². The summed E-state index contributed by atoms with van der Waals surface area (Å²) in [5, 5.41) is 0. The van der Waals surface area contributed by atoms with E-state index in [0.717, 1.165) is 31.6 Å². The van der Waals surface area contributed by atoms with E-state index >= 15 is 0 Å². The molecule has 1 aromatic heterocycles. The van der Waals surface area contributed by atoms with Crippen molar-refractivity contribution in [2.45, 2.75) is 58.7 Å². The number of aryl methyl sites for hydroxylation is 1. The second-order valence-corrected chi connectivity index (χ2v) is 7.36. The summed E-state index contributed by atoms with van der Waals surface area (Å²) >= 11 is 0. The van der Waals surface area contributed by atoms with Crippen molar-refractivity contribution in [2.24, 2.45) is 0 Å². The number of likely N-dealkylation sites (tertiary alicyclic amines) is 1. The van der Waals surface area contributed by atoms with Crippen molar-refractivity contribution in [2.75, 3.05) is 13.1 Å². The molecule has 2 aliphatic rings. The molecule has 1 fully saturated rings. The Morgan fingerprint density at radius 3 is 2.54 bits per heavy atom. The van der Waals surface area contributed by atoms with E-state index in [0.29, 0.717) is 11.4 Å². The second kappa shape index (κ2) is 6.03.